The second-order valence-corrected chi connectivity index (χ2v) is 5.20. The van der Waals surface area contributed by atoms with Gasteiger partial charge >= 0.3 is 8.80 Å². The summed E-state index contributed by atoms with van der Waals surface area (Å²) >= 11 is 3.84. The minimum atomic E-state index is -3.74. The maximum absolute atomic E-state index is 8.46. The van der Waals surface area contributed by atoms with E-state index in [0.29, 0.717) is 6.42 Å². The van der Waals surface area contributed by atoms with Crippen LogP contribution in [0.5, 0.6) is 0 Å². The van der Waals surface area contributed by atoms with Crippen LogP contribution in [-0.4, -0.2) is 28.9 Å². The van der Waals surface area contributed by atoms with Crippen molar-refractivity contribution < 1.29 is 79.5 Å². The van der Waals surface area contributed by atoms with Gasteiger partial charge < -0.3 is 14.4 Å². The Morgan fingerprint density at radius 2 is 1.50 bits per heavy atom. The predicted molar refractivity (Wildman–Crippen MR) is 43.3 cm³/mol. The van der Waals surface area contributed by atoms with Crippen LogP contribution in [0.4, 0.5) is 0 Å². The smallest absolute Gasteiger partial charge is 0.390 e. The molecule has 9 heteroatoms. The maximum Gasteiger partial charge on any atom is 0.492 e. The second-order valence-electron chi connectivity index (χ2n) is 1.71. The van der Waals surface area contributed by atoms with Gasteiger partial charge in [-0.3, -0.25) is 0 Å². The predicted octanol–water partition coefficient (Wildman–Crippen LogP) is -0.137. The van der Waals surface area contributed by atoms with Crippen LogP contribution < -0.4 is 0 Å². The van der Waals surface area contributed by atoms with Gasteiger partial charge in [-0.05, 0) is 6.42 Å². The van der Waals surface area contributed by atoms with Crippen LogP contribution in [0.1, 0.15) is 6.42 Å². The quantitative estimate of drug-likeness (QED) is 0.251. The standard InChI is InChI=1S/C3H10O3S2Si.3Ti/c4-9(5,6)3-1-2-8-7;;;/h4-7H,1-3H2;;;. The molecule has 0 aliphatic rings. The van der Waals surface area contributed by atoms with Crippen molar-refractivity contribution in [3.8, 4) is 0 Å². The van der Waals surface area contributed by atoms with Gasteiger partial charge in [-0.25, -0.2) is 0 Å². The normalized spacial score (nSPS) is 9.00. The number of rotatable bonds is 4. The fraction of sp³-hybridized carbons (Fsp3) is 1.00. The minimum Gasteiger partial charge on any atom is -0.390 e. The fourth-order valence-electron chi connectivity index (χ4n) is 0.374. The molecule has 0 amide bonds. The zero-order chi connectivity index (χ0) is 7.33. The van der Waals surface area contributed by atoms with Crippen LogP contribution in [0.25, 0.3) is 0 Å². The van der Waals surface area contributed by atoms with Crippen molar-refractivity contribution in [3.63, 3.8) is 0 Å². The Hall–Kier alpha value is 2.94. The topological polar surface area (TPSA) is 60.7 Å². The summed E-state index contributed by atoms with van der Waals surface area (Å²) in [5, 5.41) is 0. The number of hydrogen-bond donors (Lipinski definition) is 4. The van der Waals surface area contributed by atoms with E-state index in [1.807, 2.05) is 0 Å². The Balaban J connectivity index is -0.000000107. The largest absolute Gasteiger partial charge is 0.492 e. The number of thiol groups is 1. The molecule has 0 saturated heterocycles. The van der Waals surface area contributed by atoms with Gasteiger partial charge in [-0.2, -0.15) is 0 Å². The number of hydrogen-bond acceptors (Lipinski definition) is 5. The Morgan fingerprint density at radius 1 is 1.08 bits per heavy atom. The zero-order valence-electron chi connectivity index (χ0n) is 6.32. The summed E-state index contributed by atoms with van der Waals surface area (Å²) in [5.41, 5.74) is 0. The van der Waals surface area contributed by atoms with Crippen molar-refractivity contribution in [2.75, 3.05) is 5.75 Å². The molecule has 0 aromatic heterocycles. The minimum absolute atomic E-state index is 0. The molecule has 0 radical (unpaired) electrons. The van der Waals surface area contributed by atoms with Crippen molar-refractivity contribution in [2.45, 2.75) is 12.5 Å². The van der Waals surface area contributed by atoms with Crippen LogP contribution >= 0.6 is 22.5 Å². The monoisotopic (exact) mass is 330 g/mol. The molecule has 68 valence electrons. The summed E-state index contributed by atoms with van der Waals surface area (Å²) in [4.78, 5) is 25.4. The summed E-state index contributed by atoms with van der Waals surface area (Å²) in [7, 11) is -2.42. The van der Waals surface area contributed by atoms with E-state index >= 15 is 0 Å². The van der Waals surface area contributed by atoms with Crippen LogP contribution in [-0.2, 0) is 65.2 Å². The Labute approximate surface area is 127 Å². The molecule has 12 heavy (non-hydrogen) atoms. The van der Waals surface area contributed by atoms with Gasteiger partial charge in [0.15, 0.2) is 0 Å². The summed E-state index contributed by atoms with van der Waals surface area (Å²) in [6.07, 6.45) is 0.601. The van der Waals surface area contributed by atoms with E-state index in [4.69, 9.17) is 14.4 Å². The second kappa shape index (κ2) is 13.9. The molecule has 3 nitrogen and oxygen atoms in total. The summed E-state index contributed by atoms with van der Waals surface area (Å²) in [6, 6.07) is 0.112. The van der Waals surface area contributed by atoms with Crippen molar-refractivity contribution in [2.24, 2.45) is 0 Å². The summed E-state index contributed by atoms with van der Waals surface area (Å²) in [5.74, 6) is 0.736. The van der Waals surface area contributed by atoms with Gasteiger partial charge in [0, 0.05) is 77.0 Å². The molecule has 0 bridgehead atoms. The van der Waals surface area contributed by atoms with Crippen LogP contribution in [0.15, 0.2) is 0 Å². The first-order chi connectivity index (χ1) is 4.06. The van der Waals surface area contributed by atoms with Crippen LogP contribution in [0.3, 0.4) is 0 Å². The average Bonchev–Trinajstić information content (AvgIpc) is 1.63. The molecule has 0 fully saturated rings. The molecule has 3 N–H and O–H groups in total. The van der Waals surface area contributed by atoms with E-state index < -0.39 is 8.80 Å². The first-order valence-corrected chi connectivity index (χ1v) is 6.58. The van der Waals surface area contributed by atoms with E-state index in [1.54, 1.807) is 0 Å². The molecule has 0 atom stereocenters. The van der Waals surface area contributed by atoms with Crippen LogP contribution in [0, 0.1) is 0 Å². The third kappa shape index (κ3) is 23.1. The Bertz CT molecular complexity index is 83.7. The molecule has 0 saturated carbocycles. The summed E-state index contributed by atoms with van der Waals surface area (Å²) < 4.78 is 0. The van der Waals surface area contributed by atoms with Crippen molar-refractivity contribution in [1.29, 1.82) is 0 Å². The van der Waals surface area contributed by atoms with Gasteiger partial charge in [-0.15, -0.1) is 11.7 Å². The summed E-state index contributed by atoms with van der Waals surface area (Å²) in [6.45, 7) is 0. The third-order valence-electron chi connectivity index (χ3n) is 0.748. The molecule has 0 rings (SSSR count). The van der Waals surface area contributed by atoms with Gasteiger partial charge in [0.1, 0.15) is 0 Å². The van der Waals surface area contributed by atoms with Gasteiger partial charge in [-0.1, -0.05) is 10.8 Å². The van der Waals surface area contributed by atoms with E-state index in [1.165, 1.54) is 10.8 Å². The molecule has 0 aliphatic carbocycles. The molecular formula is C3H10O3S2SiTi3. The molecule has 0 aromatic rings. The van der Waals surface area contributed by atoms with Crippen molar-refractivity contribution >= 4 is 31.3 Å². The fourth-order valence-corrected chi connectivity index (χ4v) is 1.94. The van der Waals surface area contributed by atoms with Crippen LogP contribution in [0.2, 0.25) is 6.04 Å². The molecule has 0 heterocycles. The third-order valence-corrected chi connectivity index (χ3v) is 2.79. The van der Waals surface area contributed by atoms with Crippen molar-refractivity contribution in [1.82, 2.24) is 0 Å². The first-order valence-electron chi connectivity index (χ1n) is 2.50. The SMILES string of the molecule is O[Si](O)(O)CCCSS.[Ti].[Ti].[Ti]. The van der Waals surface area contributed by atoms with Gasteiger partial charge in [0.2, 0.25) is 0 Å². The van der Waals surface area contributed by atoms with E-state index in [-0.39, 0.29) is 71.2 Å². The Kier molecular flexibility index (Phi) is 28.2. The van der Waals surface area contributed by atoms with Gasteiger partial charge in [0.05, 0.1) is 0 Å². The van der Waals surface area contributed by atoms with Crippen molar-refractivity contribution in [3.05, 3.63) is 0 Å². The molecule has 0 spiro atoms. The molecule has 0 aromatic carbocycles. The van der Waals surface area contributed by atoms with E-state index in [9.17, 15) is 0 Å². The maximum atomic E-state index is 8.46. The van der Waals surface area contributed by atoms with Gasteiger partial charge in [0.25, 0.3) is 0 Å². The van der Waals surface area contributed by atoms with E-state index in [0.717, 1.165) is 5.75 Å². The van der Waals surface area contributed by atoms with E-state index in [2.05, 4.69) is 11.7 Å². The molecule has 0 aliphatic heterocycles. The molecular weight excluding hydrogens is 320 g/mol. The molecule has 0 unspecified atom stereocenters. The average molecular weight is 330 g/mol. The Morgan fingerprint density at radius 3 is 1.75 bits per heavy atom. The zero-order valence-corrected chi connectivity index (χ0v) is 13.7. The first kappa shape index (κ1) is 24.3.